The van der Waals surface area contributed by atoms with Gasteiger partial charge in [0.1, 0.15) is 0 Å². The Morgan fingerprint density at radius 1 is 1.18 bits per heavy atom. The molecule has 0 saturated heterocycles. The lowest BCUT2D eigenvalue weighted by Gasteiger charge is -2.13. The van der Waals surface area contributed by atoms with E-state index in [0.29, 0.717) is 6.16 Å². The van der Waals surface area contributed by atoms with Crippen LogP contribution in [0, 0.1) is 0 Å². The van der Waals surface area contributed by atoms with E-state index in [0.717, 1.165) is 17.1 Å². The van der Waals surface area contributed by atoms with Crippen molar-refractivity contribution in [1.29, 1.82) is 0 Å². The van der Waals surface area contributed by atoms with E-state index in [4.69, 9.17) is 9.05 Å². The normalized spacial score (nSPS) is 11.0. The molecule has 0 atom stereocenters. The van der Waals surface area contributed by atoms with Crippen LogP contribution in [0.1, 0.15) is 5.69 Å². The summed E-state index contributed by atoms with van der Waals surface area (Å²) in [5, 5.41) is 0. The Hall–Kier alpha value is -1.22. The van der Waals surface area contributed by atoms with Gasteiger partial charge in [0.05, 0.1) is 6.16 Å². The minimum Gasteiger partial charge on any atom is -0.662 e. The van der Waals surface area contributed by atoms with E-state index in [1.807, 2.05) is 30.3 Å². The third kappa shape index (κ3) is 3.13. The molecule has 0 N–H and O–H groups in total. The molecule has 2 aromatic rings. The molecule has 2 heterocycles. The molecule has 0 aliphatic carbocycles. The first-order valence-electron chi connectivity index (χ1n) is 5.23. The highest BCUT2D eigenvalue weighted by Gasteiger charge is 2.08. The molecule has 0 aromatic carbocycles. The van der Waals surface area contributed by atoms with Gasteiger partial charge >= 0.3 is 0 Å². The van der Waals surface area contributed by atoms with Gasteiger partial charge in [0.2, 0.25) is 0 Å². The minimum atomic E-state index is -0.885. The Kier molecular flexibility index (Phi) is 4.26. The molecular formula is C12H14N2O2P-. The van der Waals surface area contributed by atoms with Crippen LogP contribution >= 0.6 is 8.38 Å². The van der Waals surface area contributed by atoms with Crippen LogP contribution in [0.25, 0.3) is 11.4 Å². The molecule has 0 bridgehead atoms. The van der Waals surface area contributed by atoms with Crippen molar-refractivity contribution in [3.63, 3.8) is 0 Å². The minimum absolute atomic E-state index is 0.691. The maximum atomic E-state index is 5.22. The summed E-state index contributed by atoms with van der Waals surface area (Å²) in [6, 6.07) is 9.75. The van der Waals surface area contributed by atoms with Crippen molar-refractivity contribution >= 4 is 8.38 Å². The van der Waals surface area contributed by atoms with Crippen molar-refractivity contribution in [1.82, 2.24) is 9.97 Å². The van der Waals surface area contributed by atoms with Crippen molar-refractivity contribution in [2.24, 2.45) is 0 Å². The third-order valence-electron chi connectivity index (χ3n) is 2.32. The Labute approximate surface area is 102 Å². The van der Waals surface area contributed by atoms with Crippen LogP contribution in [0.4, 0.5) is 0 Å². The van der Waals surface area contributed by atoms with Crippen molar-refractivity contribution in [2.45, 2.75) is 6.16 Å². The van der Waals surface area contributed by atoms with Gasteiger partial charge in [-0.05, 0) is 12.1 Å². The van der Waals surface area contributed by atoms with E-state index >= 15 is 0 Å². The molecular weight excluding hydrogens is 235 g/mol. The molecule has 4 nitrogen and oxygen atoms in total. The Balaban J connectivity index is 2.17. The van der Waals surface area contributed by atoms with E-state index in [2.05, 4.69) is 9.97 Å². The monoisotopic (exact) mass is 249 g/mol. The lowest BCUT2D eigenvalue weighted by molar-refractivity contribution is 0.339. The number of nitrogens with zero attached hydrogens (tertiary/aromatic N) is 2. The lowest BCUT2D eigenvalue weighted by atomic mass is 10.2. The second-order valence-corrected chi connectivity index (χ2v) is 5.10. The molecule has 0 unspecified atom stereocenters. The van der Waals surface area contributed by atoms with Gasteiger partial charge in [0.15, 0.2) is 8.38 Å². The van der Waals surface area contributed by atoms with E-state index < -0.39 is 8.38 Å². The van der Waals surface area contributed by atoms with Gasteiger partial charge in [0, 0.05) is 25.6 Å². The molecule has 5 heteroatoms. The van der Waals surface area contributed by atoms with Gasteiger partial charge in [0.25, 0.3) is 0 Å². The fourth-order valence-corrected chi connectivity index (χ4v) is 2.35. The van der Waals surface area contributed by atoms with Crippen LogP contribution in [-0.2, 0) is 15.2 Å². The topological polar surface area (TPSA) is 45.5 Å². The molecule has 0 saturated carbocycles. The summed E-state index contributed by atoms with van der Waals surface area (Å²) < 4.78 is 10.4. The van der Waals surface area contributed by atoms with Gasteiger partial charge in [-0.1, -0.05) is 18.2 Å². The summed E-state index contributed by atoms with van der Waals surface area (Å²) >= 11 is 0. The smallest absolute Gasteiger partial charge is 0.176 e. The molecule has 2 rings (SSSR count). The highest BCUT2D eigenvalue weighted by molar-refractivity contribution is 7.46. The van der Waals surface area contributed by atoms with Crippen molar-refractivity contribution < 1.29 is 9.05 Å². The zero-order chi connectivity index (χ0) is 12.1. The number of aromatic nitrogens is 2. The maximum absolute atomic E-state index is 5.22. The van der Waals surface area contributed by atoms with Gasteiger partial charge in [-0.3, -0.25) is 4.98 Å². The second kappa shape index (κ2) is 5.92. The van der Waals surface area contributed by atoms with Crippen LogP contribution in [0.15, 0.2) is 36.5 Å². The average molecular weight is 249 g/mol. The molecule has 17 heavy (non-hydrogen) atoms. The summed E-state index contributed by atoms with van der Waals surface area (Å²) in [5.41, 5.74) is 2.74. The van der Waals surface area contributed by atoms with Crippen LogP contribution < -0.4 is 4.98 Å². The highest BCUT2D eigenvalue weighted by atomic mass is 31.2. The molecule has 90 valence electrons. The highest BCUT2D eigenvalue weighted by Crippen LogP contribution is 2.39. The molecule has 0 spiro atoms. The Morgan fingerprint density at radius 2 is 2.00 bits per heavy atom. The zero-order valence-corrected chi connectivity index (χ0v) is 10.7. The summed E-state index contributed by atoms with van der Waals surface area (Å²) in [4.78, 5) is 8.77. The number of pyridine rings is 1. The van der Waals surface area contributed by atoms with Crippen LogP contribution in [-0.4, -0.2) is 19.2 Å². The summed E-state index contributed by atoms with van der Waals surface area (Å²) in [5.74, 6) is 0. The summed E-state index contributed by atoms with van der Waals surface area (Å²) in [6.45, 7) is 0. The first-order chi connectivity index (χ1) is 8.33. The van der Waals surface area contributed by atoms with Gasteiger partial charge < -0.3 is 14.0 Å². The van der Waals surface area contributed by atoms with Crippen molar-refractivity contribution in [3.8, 4) is 11.4 Å². The molecule has 0 radical (unpaired) electrons. The average Bonchev–Trinajstić information content (AvgIpc) is 2.90. The van der Waals surface area contributed by atoms with E-state index in [1.54, 1.807) is 20.4 Å². The van der Waals surface area contributed by atoms with Gasteiger partial charge in [-0.15, -0.1) is 5.69 Å². The van der Waals surface area contributed by atoms with Crippen molar-refractivity contribution in [3.05, 3.63) is 42.2 Å². The Bertz CT molecular complexity index is 455. The maximum Gasteiger partial charge on any atom is 0.176 e. The fourth-order valence-electron chi connectivity index (χ4n) is 1.50. The molecule has 0 aliphatic rings. The first-order valence-corrected chi connectivity index (χ1v) is 6.59. The predicted molar refractivity (Wildman–Crippen MR) is 67.6 cm³/mol. The molecule has 0 aliphatic heterocycles. The summed E-state index contributed by atoms with van der Waals surface area (Å²) in [7, 11) is 2.42. The van der Waals surface area contributed by atoms with E-state index in [1.165, 1.54) is 0 Å². The van der Waals surface area contributed by atoms with Gasteiger partial charge in [-0.2, -0.15) is 6.20 Å². The molecule has 2 aromatic heterocycles. The molecule has 0 amide bonds. The summed E-state index contributed by atoms with van der Waals surface area (Å²) in [6.07, 6.45) is 2.46. The van der Waals surface area contributed by atoms with Crippen LogP contribution in [0.2, 0.25) is 0 Å². The number of hydrogen-bond acceptors (Lipinski definition) is 3. The Morgan fingerprint density at radius 3 is 2.65 bits per heavy atom. The van der Waals surface area contributed by atoms with E-state index in [9.17, 15) is 0 Å². The van der Waals surface area contributed by atoms with E-state index in [-0.39, 0.29) is 0 Å². The number of hydrogen-bond donors (Lipinski definition) is 0. The molecule has 0 fully saturated rings. The third-order valence-corrected chi connectivity index (χ3v) is 3.72. The standard InChI is InChI=1S/C12H14N2O2P/c1-15-17(16-2)9-10-5-3-6-12(14-10)11-7-4-8-13-11/h3-8H,9H2,1-2H3/q-1. The second-order valence-electron chi connectivity index (χ2n) is 3.39. The lowest BCUT2D eigenvalue weighted by Crippen LogP contribution is -1.94. The fraction of sp³-hybridized carbons (Fsp3) is 0.250. The van der Waals surface area contributed by atoms with Crippen LogP contribution in [0.3, 0.4) is 0 Å². The van der Waals surface area contributed by atoms with Crippen LogP contribution in [0.5, 0.6) is 0 Å². The van der Waals surface area contributed by atoms with Gasteiger partial charge in [-0.25, -0.2) is 0 Å². The zero-order valence-electron chi connectivity index (χ0n) is 9.83. The quantitative estimate of drug-likeness (QED) is 0.764. The predicted octanol–water partition coefficient (Wildman–Crippen LogP) is 2.81. The SMILES string of the molecule is COP(Cc1cccc(-c2ccc[n-]2)n1)OC. The van der Waals surface area contributed by atoms with Crippen molar-refractivity contribution in [2.75, 3.05) is 14.2 Å². The largest absolute Gasteiger partial charge is 0.662 e. The first kappa shape index (κ1) is 12.2. The number of rotatable bonds is 5.